The van der Waals surface area contributed by atoms with Crippen molar-refractivity contribution in [2.45, 2.75) is 24.1 Å². The SMILES string of the molecule is COc1ccc(/C=C2/SC(=S)NC2=O)cc1CSc1nc(C(F)F)cc(C)c1C#N. The van der Waals surface area contributed by atoms with E-state index in [0.717, 1.165) is 11.1 Å². The summed E-state index contributed by atoms with van der Waals surface area (Å²) in [6.45, 7) is 1.61. The molecule has 1 aromatic heterocycles. The summed E-state index contributed by atoms with van der Waals surface area (Å²) in [6, 6.07) is 8.67. The van der Waals surface area contributed by atoms with Crippen LogP contribution in [0.5, 0.6) is 5.75 Å². The summed E-state index contributed by atoms with van der Waals surface area (Å²) in [5, 5.41) is 12.2. The molecule has 0 radical (unpaired) electrons. The molecule has 0 bridgehead atoms. The van der Waals surface area contributed by atoms with Crippen LogP contribution in [0.15, 0.2) is 34.2 Å². The maximum Gasteiger partial charge on any atom is 0.280 e. The van der Waals surface area contributed by atoms with E-state index in [9.17, 15) is 18.8 Å². The summed E-state index contributed by atoms with van der Waals surface area (Å²) in [6.07, 6.45) is -1.01. The lowest BCUT2D eigenvalue weighted by molar-refractivity contribution is -0.115. The quantitative estimate of drug-likeness (QED) is 0.367. The predicted octanol–water partition coefficient (Wildman–Crippen LogP) is 4.99. The van der Waals surface area contributed by atoms with E-state index in [4.69, 9.17) is 17.0 Å². The Morgan fingerprint density at radius 1 is 1.43 bits per heavy atom. The zero-order valence-electron chi connectivity index (χ0n) is 15.9. The molecule has 0 atom stereocenters. The number of thiocarbonyl (C=S) groups is 1. The second-order valence-electron chi connectivity index (χ2n) is 6.17. The standard InChI is InChI=1S/C20H15F2N3O2S3/c1-10-5-14(17(21)22)24-19(13(10)8-23)29-9-12-6-11(3-4-15(12)27-2)7-16-18(26)25-20(28)30-16/h3-7,17H,9H2,1-2H3,(H,25,26,28)/b16-7+. The monoisotopic (exact) mass is 463 g/mol. The van der Waals surface area contributed by atoms with Crippen LogP contribution >= 0.6 is 35.7 Å². The minimum atomic E-state index is -2.72. The molecule has 1 N–H and O–H groups in total. The van der Waals surface area contributed by atoms with Gasteiger partial charge in [0.25, 0.3) is 12.3 Å². The van der Waals surface area contributed by atoms with Crippen molar-refractivity contribution in [2.75, 3.05) is 7.11 Å². The van der Waals surface area contributed by atoms with Gasteiger partial charge in [-0.25, -0.2) is 13.8 Å². The van der Waals surface area contributed by atoms with Gasteiger partial charge in [0.05, 0.1) is 17.6 Å². The summed E-state index contributed by atoms with van der Waals surface area (Å²) in [5.74, 6) is 0.689. The fourth-order valence-electron chi connectivity index (χ4n) is 2.74. The van der Waals surface area contributed by atoms with E-state index < -0.39 is 6.43 Å². The van der Waals surface area contributed by atoms with Gasteiger partial charge in [-0.1, -0.05) is 30.0 Å². The van der Waals surface area contributed by atoms with E-state index >= 15 is 0 Å². The first-order valence-corrected chi connectivity index (χ1v) is 10.8. The van der Waals surface area contributed by atoms with Crippen molar-refractivity contribution in [3.8, 4) is 11.8 Å². The number of methoxy groups -OCH3 is 1. The van der Waals surface area contributed by atoms with Gasteiger partial charge in [0, 0.05) is 11.3 Å². The molecule has 2 heterocycles. The second kappa shape index (κ2) is 9.55. The Kier molecular flexibility index (Phi) is 7.07. The Bertz CT molecular complexity index is 1100. The van der Waals surface area contributed by atoms with E-state index in [1.807, 2.05) is 12.1 Å². The molecular weight excluding hydrogens is 448 g/mol. The number of hydrogen-bond acceptors (Lipinski definition) is 7. The molecule has 1 aromatic carbocycles. The minimum absolute atomic E-state index is 0.245. The lowest BCUT2D eigenvalue weighted by Gasteiger charge is -2.12. The zero-order valence-corrected chi connectivity index (χ0v) is 18.3. The van der Waals surface area contributed by atoms with Gasteiger partial charge < -0.3 is 10.1 Å². The van der Waals surface area contributed by atoms with E-state index in [-0.39, 0.29) is 22.2 Å². The molecule has 0 unspecified atom stereocenters. The lowest BCUT2D eigenvalue weighted by Crippen LogP contribution is -2.17. The molecule has 1 aliphatic heterocycles. The Labute approximate surface area is 185 Å². The number of hydrogen-bond donors (Lipinski definition) is 1. The molecule has 1 amide bonds. The predicted molar refractivity (Wildman–Crippen MR) is 118 cm³/mol. The molecule has 1 saturated heterocycles. The van der Waals surface area contributed by atoms with Crippen molar-refractivity contribution < 1.29 is 18.3 Å². The van der Waals surface area contributed by atoms with Crippen LogP contribution in [0.3, 0.4) is 0 Å². The normalized spacial score (nSPS) is 14.9. The van der Waals surface area contributed by atoms with Crippen LogP contribution in [-0.2, 0) is 10.5 Å². The van der Waals surface area contributed by atoms with Crippen LogP contribution in [0.1, 0.15) is 34.4 Å². The third-order valence-corrected chi connectivity index (χ3v) is 6.33. The molecule has 2 aromatic rings. The number of alkyl halides is 2. The lowest BCUT2D eigenvalue weighted by atomic mass is 10.1. The Morgan fingerprint density at radius 2 is 2.20 bits per heavy atom. The number of nitrogens with zero attached hydrogens (tertiary/aromatic N) is 2. The van der Waals surface area contributed by atoms with E-state index in [2.05, 4.69) is 10.3 Å². The number of halogens is 2. The van der Waals surface area contributed by atoms with Gasteiger partial charge in [0.2, 0.25) is 0 Å². The van der Waals surface area contributed by atoms with Crippen LogP contribution < -0.4 is 10.1 Å². The molecule has 1 fully saturated rings. The molecule has 0 spiro atoms. The number of aromatic nitrogens is 1. The number of benzene rings is 1. The van der Waals surface area contributed by atoms with Crippen LogP contribution in [-0.4, -0.2) is 22.3 Å². The highest BCUT2D eigenvalue weighted by atomic mass is 32.2. The van der Waals surface area contributed by atoms with Gasteiger partial charge in [0.15, 0.2) is 0 Å². The Hall–Kier alpha value is -2.48. The van der Waals surface area contributed by atoms with Gasteiger partial charge in [-0.2, -0.15) is 5.26 Å². The first-order valence-electron chi connectivity index (χ1n) is 8.56. The fourth-order valence-corrected chi connectivity index (χ4v) is 4.82. The van der Waals surface area contributed by atoms with E-state index in [1.165, 1.54) is 36.7 Å². The van der Waals surface area contributed by atoms with Gasteiger partial charge >= 0.3 is 0 Å². The first-order chi connectivity index (χ1) is 14.3. The van der Waals surface area contributed by atoms with Crippen LogP contribution in [0, 0.1) is 18.3 Å². The van der Waals surface area contributed by atoms with Crippen LogP contribution in [0.4, 0.5) is 8.78 Å². The second-order valence-corrected chi connectivity index (χ2v) is 8.85. The maximum absolute atomic E-state index is 13.1. The highest BCUT2D eigenvalue weighted by molar-refractivity contribution is 8.26. The van der Waals surface area contributed by atoms with Crippen molar-refractivity contribution in [3.63, 3.8) is 0 Å². The van der Waals surface area contributed by atoms with E-state index in [1.54, 1.807) is 25.1 Å². The van der Waals surface area contributed by atoms with Crippen molar-refractivity contribution in [1.29, 1.82) is 5.26 Å². The highest BCUT2D eigenvalue weighted by Gasteiger charge is 2.22. The Morgan fingerprint density at radius 3 is 2.80 bits per heavy atom. The molecule has 154 valence electrons. The number of amides is 1. The van der Waals surface area contributed by atoms with Crippen molar-refractivity contribution in [3.05, 3.63) is 57.1 Å². The number of pyridine rings is 1. The van der Waals surface area contributed by atoms with Crippen LogP contribution in [0.25, 0.3) is 6.08 Å². The highest BCUT2D eigenvalue weighted by Crippen LogP contribution is 2.33. The van der Waals surface area contributed by atoms with Gasteiger partial charge in [-0.3, -0.25) is 4.79 Å². The third kappa shape index (κ3) is 4.98. The van der Waals surface area contributed by atoms with Gasteiger partial charge in [-0.15, -0.1) is 11.8 Å². The number of aryl methyl sites for hydroxylation is 1. The number of ether oxygens (including phenoxy) is 1. The zero-order chi connectivity index (χ0) is 21.8. The molecule has 0 aliphatic carbocycles. The molecular formula is C20H15F2N3O2S3. The van der Waals surface area contributed by atoms with Crippen molar-refractivity contribution in [1.82, 2.24) is 10.3 Å². The number of thioether (sulfide) groups is 2. The van der Waals surface area contributed by atoms with Crippen LogP contribution in [0.2, 0.25) is 0 Å². The Balaban J connectivity index is 1.90. The number of carbonyl (C=O) groups excluding carboxylic acids is 1. The maximum atomic E-state index is 13.1. The van der Waals surface area contributed by atoms with Gasteiger partial charge in [-0.05, 0) is 42.3 Å². The van der Waals surface area contributed by atoms with Crippen molar-refractivity contribution >= 4 is 52.0 Å². The summed E-state index contributed by atoms with van der Waals surface area (Å²) in [7, 11) is 1.53. The van der Waals surface area contributed by atoms with E-state index in [0.29, 0.717) is 26.3 Å². The molecule has 5 nitrogen and oxygen atoms in total. The average Bonchev–Trinajstić information content (AvgIpc) is 3.02. The molecule has 3 rings (SSSR count). The molecule has 0 saturated carbocycles. The number of carbonyl (C=O) groups is 1. The summed E-state index contributed by atoms with van der Waals surface area (Å²) in [4.78, 5) is 16.3. The molecule has 10 heteroatoms. The number of nitrogens with one attached hydrogen (secondary N) is 1. The number of rotatable bonds is 6. The minimum Gasteiger partial charge on any atom is -0.496 e. The summed E-state index contributed by atoms with van der Waals surface area (Å²) in [5.41, 5.74) is 1.90. The first kappa shape index (κ1) is 22.2. The topological polar surface area (TPSA) is 75.0 Å². The summed E-state index contributed by atoms with van der Waals surface area (Å²) >= 11 is 7.36. The summed E-state index contributed by atoms with van der Waals surface area (Å²) < 4.78 is 32.0. The largest absolute Gasteiger partial charge is 0.496 e. The third-order valence-electron chi connectivity index (χ3n) is 4.15. The molecule has 30 heavy (non-hydrogen) atoms. The van der Waals surface area contributed by atoms with Crippen molar-refractivity contribution in [2.24, 2.45) is 0 Å². The molecule has 1 aliphatic rings. The smallest absolute Gasteiger partial charge is 0.280 e. The van der Waals surface area contributed by atoms with Gasteiger partial charge in [0.1, 0.15) is 26.9 Å². The average molecular weight is 464 g/mol. The fraction of sp³-hybridized carbons (Fsp3) is 0.200. The number of nitriles is 1.